The van der Waals surface area contributed by atoms with Crippen LogP contribution in [0.4, 0.5) is 0 Å². The molecular weight excluding hydrogens is 376 g/mol. The van der Waals surface area contributed by atoms with Gasteiger partial charge in [-0.3, -0.25) is 4.79 Å². The highest BCUT2D eigenvalue weighted by Crippen LogP contribution is 2.36. The summed E-state index contributed by atoms with van der Waals surface area (Å²) in [6.07, 6.45) is 3.93. The van der Waals surface area contributed by atoms with Gasteiger partial charge in [-0.25, -0.2) is 4.31 Å². The van der Waals surface area contributed by atoms with E-state index in [2.05, 4.69) is 58.1 Å². The summed E-state index contributed by atoms with van der Waals surface area (Å²) in [7, 11) is 6.00. The SMILES string of the molecule is C=CC(=O)NCC=O.COc1cccc2c(SN3CCN(C)CC3)cn(C)c12. The molecule has 7 nitrogen and oxygen atoms in total. The van der Waals surface area contributed by atoms with Gasteiger partial charge in [0.2, 0.25) is 5.91 Å². The van der Waals surface area contributed by atoms with Crippen LogP contribution in [-0.4, -0.2) is 72.8 Å². The third kappa shape index (κ3) is 5.85. The van der Waals surface area contributed by atoms with Crippen molar-refractivity contribution in [3.05, 3.63) is 37.1 Å². The highest BCUT2D eigenvalue weighted by atomic mass is 32.2. The molecule has 2 heterocycles. The maximum absolute atomic E-state index is 10.2. The minimum absolute atomic E-state index is 0.0604. The minimum Gasteiger partial charge on any atom is -0.495 e. The highest BCUT2D eigenvalue weighted by Gasteiger charge is 2.18. The zero-order chi connectivity index (χ0) is 20.5. The van der Waals surface area contributed by atoms with Crippen molar-refractivity contribution in [2.45, 2.75) is 4.90 Å². The molecule has 1 amide bonds. The number of carbonyl (C=O) groups is 2. The Morgan fingerprint density at radius 2 is 2.00 bits per heavy atom. The number of methoxy groups -OCH3 is 1. The van der Waals surface area contributed by atoms with E-state index in [1.165, 1.54) is 15.8 Å². The monoisotopic (exact) mass is 404 g/mol. The molecule has 1 fully saturated rings. The standard InChI is InChI=1S/C15H21N3OS.C5H7NO2/c1-16-7-9-18(10-8-16)20-14-11-17(2)15-12(14)5-4-6-13(15)19-3;1-2-5(8)6-3-4-7/h4-6,11H,7-10H2,1-3H3;2,4H,1,3H2,(H,6,8). The van der Waals surface area contributed by atoms with E-state index in [-0.39, 0.29) is 12.5 Å². The fraction of sp³-hybridized carbons (Fsp3) is 0.400. The molecule has 1 N–H and O–H groups in total. The highest BCUT2D eigenvalue weighted by molar-refractivity contribution is 7.97. The lowest BCUT2D eigenvalue weighted by atomic mass is 10.2. The van der Waals surface area contributed by atoms with Crippen LogP contribution in [0.15, 0.2) is 41.9 Å². The van der Waals surface area contributed by atoms with Gasteiger partial charge in [0.15, 0.2) is 0 Å². The number of hydrogen-bond donors (Lipinski definition) is 1. The molecule has 0 spiro atoms. The van der Waals surface area contributed by atoms with E-state index in [1.54, 1.807) is 7.11 Å². The number of carbonyl (C=O) groups excluding carboxylic acids is 2. The molecule has 0 unspecified atom stereocenters. The number of aldehydes is 1. The fourth-order valence-electron chi connectivity index (χ4n) is 2.87. The largest absolute Gasteiger partial charge is 0.495 e. The molecule has 1 aliphatic heterocycles. The number of piperazine rings is 1. The van der Waals surface area contributed by atoms with E-state index in [4.69, 9.17) is 4.74 Å². The van der Waals surface area contributed by atoms with Crippen LogP contribution in [0.5, 0.6) is 5.75 Å². The van der Waals surface area contributed by atoms with E-state index >= 15 is 0 Å². The van der Waals surface area contributed by atoms with Gasteiger partial charge in [0.05, 0.1) is 19.2 Å². The summed E-state index contributed by atoms with van der Waals surface area (Å²) in [6.45, 7) is 7.75. The number of hydrogen-bond acceptors (Lipinski definition) is 6. The quantitative estimate of drug-likeness (QED) is 0.451. The number of ether oxygens (including phenoxy) is 1. The molecule has 1 aromatic carbocycles. The number of benzene rings is 1. The average Bonchev–Trinajstić information content (AvgIpc) is 3.04. The molecule has 1 saturated heterocycles. The summed E-state index contributed by atoms with van der Waals surface area (Å²) < 4.78 is 10.1. The van der Waals surface area contributed by atoms with Crippen molar-refractivity contribution >= 4 is 35.0 Å². The van der Waals surface area contributed by atoms with E-state index < -0.39 is 0 Å². The van der Waals surface area contributed by atoms with E-state index in [1.807, 2.05) is 18.0 Å². The predicted molar refractivity (Wildman–Crippen MR) is 114 cm³/mol. The Kier molecular flexibility index (Phi) is 8.56. The van der Waals surface area contributed by atoms with E-state index in [0.29, 0.717) is 6.29 Å². The number of amides is 1. The minimum atomic E-state index is -0.322. The molecule has 0 atom stereocenters. The van der Waals surface area contributed by atoms with Gasteiger partial charge in [0.1, 0.15) is 12.0 Å². The summed E-state index contributed by atoms with van der Waals surface area (Å²) in [5, 5.41) is 3.53. The molecule has 1 aliphatic rings. The second-order valence-electron chi connectivity index (χ2n) is 6.40. The number of aryl methyl sites for hydroxylation is 1. The Morgan fingerprint density at radius 3 is 2.61 bits per heavy atom. The average molecular weight is 405 g/mol. The fourth-order valence-corrected chi connectivity index (χ4v) is 3.96. The van der Waals surface area contributed by atoms with Gasteiger partial charge >= 0.3 is 0 Å². The number of rotatable bonds is 6. The number of aromatic nitrogens is 1. The van der Waals surface area contributed by atoms with Crippen molar-refractivity contribution in [3.63, 3.8) is 0 Å². The molecule has 8 heteroatoms. The first-order chi connectivity index (χ1) is 13.5. The van der Waals surface area contributed by atoms with E-state index in [9.17, 15) is 9.59 Å². The summed E-state index contributed by atoms with van der Waals surface area (Å²) in [6, 6.07) is 6.26. The molecule has 152 valence electrons. The second kappa shape index (κ2) is 10.9. The van der Waals surface area contributed by atoms with Crippen molar-refractivity contribution in [3.8, 4) is 5.75 Å². The third-order valence-corrected chi connectivity index (χ3v) is 5.53. The van der Waals surface area contributed by atoms with Gasteiger partial charge in [-0.1, -0.05) is 18.7 Å². The number of likely N-dealkylation sites (N-methyl/N-ethyl adjacent to an activating group) is 1. The second-order valence-corrected chi connectivity index (χ2v) is 7.54. The molecule has 0 radical (unpaired) electrons. The summed E-state index contributed by atoms with van der Waals surface area (Å²) in [5.41, 5.74) is 1.17. The molecular formula is C20H28N4O3S. The van der Waals surface area contributed by atoms with Crippen LogP contribution in [0.3, 0.4) is 0 Å². The Balaban J connectivity index is 0.000000300. The first kappa shape index (κ1) is 22.0. The smallest absolute Gasteiger partial charge is 0.243 e. The third-order valence-electron chi connectivity index (χ3n) is 4.38. The molecule has 3 rings (SSSR count). The van der Waals surface area contributed by atoms with Gasteiger partial charge in [0, 0.05) is 49.7 Å². The van der Waals surface area contributed by atoms with Crippen LogP contribution in [0, 0.1) is 0 Å². The number of nitrogens with zero attached hydrogens (tertiary/aromatic N) is 3. The van der Waals surface area contributed by atoms with Gasteiger partial charge < -0.3 is 24.3 Å². The number of fused-ring (bicyclic) bond motifs is 1. The summed E-state index contributed by atoms with van der Waals surface area (Å²) in [4.78, 5) is 23.4. The number of para-hydroxylation sites is 1. The van der Waals surface area contributed by atoms with Crippen molar-refractivity contribution in [2.24, 2.45) is 7.05 Å². The molecule has 28 heavy (non-hydrogen) atoms. The predicted octanol–water partition coefficient (Wildman–Crippen LogP) is 1.93. The van der Waals surface area contributed by atoms with Crippen LogP contribution in [0.1, 0.15) is 0 Å². The van der Waals surface area contributed by atoms with Crippen molar-refractivity contribution in [2.75, 3.05) is 46.9 Å². The Hall–Kier alpha value is -2.29. The summed E-state index contributed by atoms with van der Waals surface area (Å²) >= 11 is 1.87. The van der Waals surface area contributed by atoms with Crippen LogP contribution in [0.25, 0.3) is 10.9 Å². The van der Waals surface area contributed by atoms with Gasteiger partial charge in [-0.05, 0) is 31.1 Å². The first-order valence-corrected chi connectivity index (χ1v) is 9.84. The summed E-state index contributed by atoms with van der Waals surface area (Å²) in [5.74, 6) is 0.618. The van der Waals surface area contributed by atoms with Crippen LogP contribution in [0.2, 0.25) is 0 Å². The van der Waals surface area contributed by atoms with E-state index in [0.717, 1.165) is 38.0 Å². The first-order valence-electron chi connectivity index (χ1n) is 9.07. The van der Waals surface area contributed by atoms with Gasteiger partial charge in [-0.2, -0.15) is 0 Å². The van der Waals surface area contributed by atoms with Gasteiger partial charge in [-0.15, -0.1) is 0 Å². The zero-order valence-corrected chi connectivity index (χ0v) is 17.5. The Bertz CT molecular complexity index is 813. The lowest BCUT2D eigenvalue weighted by Crippen LogP contribution is -2.40. The normalized spacial score (nSPS) is 14.8. The Morgan fingerprint density at radius 1 is 1.29 bits per heavy atom. The van der Waals surface area contributed by atoms with Crippen LogP contribution < -0.4 is 10.1 Å². The maximum atomic E-state index is 10.2. The lowest BCUT2D eigenvalue weighted by molar-refractivity contribution is -0.118. The van der Waals surface area contributed by atoms with Crippen molar-refractivity contribution in [1.82, 2.24) is 19.1 Å². The van der Waals surface area contributed by atoms with Crippen molar-refractivity contribution in [1.29, 1.82) is 0 Å². The number of nitrogens with one attached hydrogen (secondary N) is 1. The topological polar surface area (TPSA) is 66.8 Å². The zero-order valence-electron chi connectivity index (χ0n) is 16.7. The lowest BCUT2D eigenvalue weighted by Gasteiger charge is -2.31. The molecule has 0 aliphatic carbocycles. The molecule has 2 aromatic rings. The van der Waals surface area contributed by atoms with Crippen molar-refractivity contribution < 1.29 is 14.3 Å². The van der Waals surface area contributed by atoms with Crippen LogP contribution >= 0.6 is 11.9 Å². The maximum Gasteiger partial charge on any atom is 0.243 e. The molecule has 0 bridgehead atoms. The Labute approximate surface area is 170 Å². The molecule has 1 aromatic heterocycles. The van der Waals surface area contributed by atoms with Gasteiger partial charge in [0.25, 0.3) is 0 Å². The molecule has 0 saturated carbocycles. The van der Waals surface area contributed by atoms with Crippen LogP contribution in [-0.2, 0) is 16.6 Å².